The van der Waals surface area contributed by atoms with Crippen LogP contribution in [0.1, 0.15) is 30.5 Å². The fourth-order valence-electron chi connectivity index (χ4n) is 3.93. The molecule has 0 fully saturated rings. The van der Waals surface area contributed by atoms with E-state index in [1.54, 1.807) is 44.2 Å². The van der Waals surface area contributed by atoms with Gasteiger partial charge in [-0.3, -0.25) is 13.9 Å². The molecular weight excluding hydrogens is 554 g/mol. The van der Waals surface area contributed by atoms with Gasteiger partial charge in [-0.15, -0.1) is 0 Å². The maximum Gasteiger partial charge on any atom is 0.264 e. The Hall–Kier alpha value is -3.17. The maximum atomic E-state index is 13.9. The number of aryl methyl sites for hydroxylation is 1. The van der Waals surface area contributed by atoms with Crippen molar-refractivity contribution in [3.8, 4) is 0 Å². The minimum absolute atomic E-state index is 0.0833. The number of hydrogen-bond acceptors (Lipinski definition) is 4. The molecule has 2 amide bonds. The van der Waals surface area contributed by atoms with Gasteiger partial charge in [0.05, 0.1) is 10.6 Å². The zero-order chi connectivity index (χ0) is 27.2. The number of hydrogen-bond donors (Lipinski definition) is 1. The smallest absolute Gasteiger partial charge is 0.264 e. The van der Waals surface area contributed by atoms with Gasteiger partial charge in [-0.25, -0.2) is 8.42 Å². The van der Waals surface area contributed by atoms with Gasteiger partial charge in [0.25, 0.3) is 10.0 Å². The third-order valence-corrected chi connectivity index (χ3v) is 8.54. The van der Waals surface area contributed by atoms with Crippen molar-refractivity contribution in [2.45, 2.75) is 45.2 Å². The monoisotopic (exact) mass is 585 g/mol. The first-order valence-electron chi connectivity index (χ1n) is 12.0. The van der Waals surface area contributed by atoms with Crippen molar-refractivity contribution in [1.29, 1.82) is 0 Å². The van der Waals surface area contributed by atoms with Gasteiger partial charge < -0.3 is 10.2 Å². The zero-order valence-corrected chi connectivity index (χ0v) is 23.8. The average molecular weight is 587 g/mol. The molecule has 3 aromatic rings. The number of carbonyl (C=O) groups excluding carboxylic acids is 2. The molecule has 1 atom stereocenters. The van der Waals surface area contributed by atoms with Gasteiger partial charge in [-0.05, 0) is 74.7 Å². The van der Waals surface area contributed by atoms with E-state index in [2.05, 4.69) is 21.2 Å². The van der Waals surface area contributed by atoms with Crippen molar-refractivity contribution < 1.29 is 18.0 Å². The van der Waals surface area contributed by atoms with Crippen molar-refractivity contribution in [2.75, 3.05) is 17.4 Å². The predicted molar refractivity (Wildman–Crippen MR) is 150 cm³/mol. The Labute approximate surface area is 227 Å². The van der Waals surface area contributed by atoms with Gasteiger partial charge in [0.2, 0.25) is 11.8 Å². The van der Waals surface area contributed by atoms with Crippen LogP contribution in [0.5, 0.6) is 0 Å². The molecule has 0 saturated carbocycles. The second kappa shape index (κ2) is 12.4. The highest BCUT2D eigenvalue weighted by molar-refractivity contribution is 9.10. The van der Waals surface area contributed by atoms with Crippen LogP contribution in [-0.2, 0) is 26.2 Å². The molecule has 0 bridgehead atoms. The third kappa shape index (κ3) is 6.78. The van der Waals surface area contributed by atoms with Gasteiger partial charge in [0.1, 0.15) is 12.6 Å². The van der Waals surface area contributed by atoms with Crippen LogP contribution in [0.3, 0.4) is 0 Å². The summed E-state index contributed by atoms with van der Waals surface area (Å²) in [5, 5.41) is 2.76. The van der Waals surface area contributed by atoms with Crippen molar-refractivity contribution in [2.24, 2.45) is 0 Å². The maximum absolute atomic E-state index is 13.9. The second-order valence-electron chi connectivity index (χ2n) is 8.76. The lowest BCUT2D eigenvalue weighted by Crippen LogP contribution is -2.51. The molecule has 1 unspecified atom stereocenters. The molecule has 0 spiro atoms. The summed E-state index contributed by atoms with van der Waals surface area (Å²) in [5.74, 6) is -0.792. The first-order chi connectivity index (χ1) is 17.6. The molecule has 9 heteroatoms. The van der Waals surface area contributed by atoms with E-state index in [0.29, 0.717) is 12.2 Å². The van der Waals surface area contributed by atoms with Crippen molar-refractivity contribution in [3.05, 3.63) is 94.0 Å². The third-order valence-electron chi connectivity index (χ3n) is 6.24. The van der Waals surface area contributed by atoms with Gasteiger partial charge in [0, 0.05) is 17.6 Å². The number of amides is 2. The number of nitrogens with one attached hydrogen (secondary N) is 1. The van der Waals surface area contributed by atoms with E-state index in [9.17, 15) is 18.0 Å². The number of carbonyl (C=O) groups is 2. The van der Waals surface area contributed by atoms with Crippen molar-refractivity contribution in [3.63, 3.8) is 0 Å². The summed E-state index contributed by atoms with van der Waals surface area (Å²) in [6.07, 6.45) is 0. The van der Waals surface area contributed by atoms with E-state index < -0.39 is 28.5 Å². The number of rotatable bonds is 10. The van der Waals surface area contributed by atoms with Crippen LogP contribution in [0.25, 0.3) is 0 Å². The number of nitrogens with zero attached hydrogens (tertiary/aromatic N) is 2. The molecule has 7 nitrogen and oxygen atoms in total. The van der Waals surface area contributed by atoms with E-state index in [4.69, 9.17) is 0 Å². The van der Waals surface area contributed by atoms with Gasteiger partial charge in [-0.1, -0.05) is 58.4 Å². The van der Waals surface area contributed by atoms with Gasteiger partial charge in [-0.2, -0.15) is 0 Å². The number of likely N-dealkylation sites (N-methyl/N-ethyl adjacent to an activating group) is 1. The molecule has 3 aromatic carbocycles. The van der Waals surface area contributed by atoms with E-state index in [1.165, 1.54) is 17.0 Å². The van der Waals surface area contributed by atoms with E-state index >= 15 is 0 Å². The number of sulfonamides is 1. The second-order valence-corrected chi connectivity index (χ2v) is 11.5. The molecule has 37 heavy (non-hydrogen) atoms. The summed E-state index contributed by atoms with van der Waals surface area (Å²) >= 11 is 3.41. The first-order valence-corrected chi connectivity index (χ1v) is 14.2. The van der Waals surface area contributed by atoms with Crippen LogP contribution in [0.15, 0.2) is 82.2 Å². The quantitative estimate of drug-likeness (QED) is 0.370. The number of halogens is 1. The summed E-state index contributed by atoms with van der Waals surface area (Å²) in [5.41, 5.74) is 2.90. The lowest BCUT2D eigenvalue weighted by molar-refractivity contribution is -0.139. The SMILES string of the molecule is CCNC(=O)C(C)N(Cc1ccc(Br)cc1)C(=O)CN(c1cccc(C)c1C)S(=O)(=O)c1ccccc1. The van der Waals surface area contributed by atoms with Crippen LogP contribution in [0, 0.1) is 13.8 Å². The highest BCUT2D eigenvalue weighted by Gasteiger charge is 2.33. The minimum Gasteiger partial charge on any atom is -0.355 e. The summed E-state index contributed by atoms with van der Waals surface area (Å²) in [7, 11) is -4.08. The topological polar surface area (TPSA) is 86.8 Å². The zero-order valence-electron chi connectivity index (χ0n) is 21.4. The molecule has 1 N–H and O–H groups in total. The molecule has 196 valence electrons. The highest BCUT2D eigenvalue weighted by atomic mass is 79.9. The summed E-state index contributed by atoms with van der Waals surface area (Å²) in [6.45, 7) is 7.29. The molecule has 0 aliphatic rings. The molecule has 0 aliphatic carbocycles. The lowest BCUT2D eigenvalue weighted by atomic mass is 10.1. The molecule has 0 aliphatic heterocycles. The summed E-state index contributed by atoms with van der Waals surface area (Å²) < 4.78 is 29.7. The van der Waals surface area contributed by atoms with Crippen LogP contribution in [-0.4, -0.2) is 44.3 Å². The van der Waals surface area contributed by atoms with Crippen LogP contribution < -0.4 is 9.62 Å². The van der Waals surface area contributed by atoms with Crippen LogP contribution >= 0.6 is 15.9 Å². The Kier molecular flexibility index (Phi) is 9.50. The lowest BCUT2D eigenvalue weighted by Gasteiger charge is -2.32. The van der Waals surface area contributed by atoms with Crippen molar-refractivity contribution in [1.82, 2.24) is 10.2 Å². The first kappa shape index (κ1) is 28.4. The van der Waals surface area contributed by atoms with Gasteiger partial charge >= 0.3 is 0 Å². The Morgan fingerprint density at radius 3 is 2.22 bits per heavy atom. The van der Waals surface area contributed by atoms with E-state index in [0.717, 1.165) is 25.5 Å². The number of benzene rings is 3. The Bertz CT molecular complexity index is 1350. The normalized spacial score (nSPS) is 12.0. The molecule has 0 heterocycles. The standard InChI is InChI=1S/C28H32BrN3O4S/c1-5-30-28(34)22(4)31(18-23-14-16-24(29)17-15-23)27(33)19-32(26-13-9-10-20(2)21(26)3)37(35,36)25-11-7-6-8-12-25/h6-17,22H,5,18-19H2,1-4H3,(H,30,34). The fourth-order valence-corrected chi connectivity index (χ4v) is 5.69. The minimum atomic E-state index is -4.08. The number of anilines is 1. The van der Waals surface area contributed by atoms with Crippen LogP contribution in [0.4, 0.5) is 5.69 Å². The molecule has 0 aromatic heterocycles. The predicted octanol–water partition coefficient (Wildman–Crippen LogP) is 4.81. The Morgan fingerprint density at radius 1 is 0.946 bits per heavy atom. The Morgan fingerprint density at radius 2 is 1.59 bits per heavy atom. The molecule has 0 radical (unpaired) electrons. The fraction of sp³-hybridized carbons (Fsp3) is 0.286. The molecular formula is C28H32BrN3O4S. The largest absolute Gasteiger partial charge is 0.355 e. The van der Waals surface area contributed by atoms with E-state index in [1.807, 2.05) is 44.2 Å². The summed E-state index contributed by atoms with van der Waals surface area (Å²) in [4.78, 5) is 28.1. The van der Waals surface area contributed by atoms with Crippen LogP contribution in [0.2, 0.25) is 0 Å². The van der Waals surface area contributed by atoms with E-state index in [-0.39, 0.29) is 17.3 Å². The summed E-state index contributed by atoms with van der Waals surface area (Å²) in [6, 6.07) is 20.0. The molecule has 0 saturated heterocycles. The average Bonchev–Trinajstić information content (AvgIpc) is 2.88. The molecule has 3 rings (SSSR count). The highest BCUT2D eigenvalue weighted by Crippen LogP contribution is 2.29. The van der Waals surface area contributed by atoms with Gasteiger partial charge in [0.15, 0.2) is 0 Å². The van der Waals surface area contributed by atoms with Crippen molar-refractivity contribution >= 4 is 43.5 Å². The Balaban J connectivity index is 2.06.